The van der Waals surface area contributed by atoms with Crippen LogP contribution in [0.15, 0.2) is 66.2 Å². The zero-order valence-electron chi connectivity index (χ0n) is 18.7. The van der Waals surface area contributed by atoms with E-state index in [-0.39, 0.29) is 5.57 Å². The second-order valence-corrected chi connectivity index (χ2v) is 8.01. The van der Waals surface area contributed by atoms with Crippen LogP contribution in [0.3, 0.4) is 0 Å². The minimum atomic E-state index is -0.449. The van der Waals surface area contributed by atoms with Crippen LogP contribution in [0.25, 0.3) is 6.08 Å². The number of aryl methyl sites for hydroxylation is 5. The van der Waals surface area contributed by atoms with E-state index in [0.29, 0.717) is 11.4 Å². The maximum atomic E-state index is 13.2. The Bertz CT molecular complexity index is 1090. The lowest BCUT2D eigenvalue weighted by Crippen LogP contribution is -2.26. The highest BCUT2D eigenvalue weighted by atomic mass is 16.2. The fourth-order valence-corrected chi connectivity index (χ4v) is 3.35. The molecule has 2 amide bonds. The summed E-state index contributed by atoms with van der Waals surface area (Å²) < 4.78 is 0. The molecule has 0 fully saturated rings. The monoisotopic (exact) mass is 412 g/mol. The van der Waals surface area contributed by atoms with Crippen LogP contribution in [0.2, 0.25) is 0 Å². The van der Waals surface area contributed by atoms with Gasteiger partial charge in [0.2, 0.25) is 0 Å². The van der Waals surface area contributed by atoms with Gasteiger partial charge in [-0.1, -0.05) is 65.2 Å². The van der Waals surface area contributed by atoms with Gasteiger partial charge in [-0.2, -0.15) is 0 Å². The standard InChI is InChI=1S/C27H28N2O2/c1-17-6-10-22(11-7-17)16-23(26(30)28-24-12-8-18(2)14-20(24)4)27(31)29-25-13-9-19(3)15-21(25)5/h6-16H,1-5H3,(H,28,30)(H,29,31). The van der Waals surface area contributed by atoms with Crippen molar-refractivity contribution in [2.75, 3.05) is 10.6 Å². The average Bonchev–Trinajstić information content (AvgIpc) is 2.71. The summed E-state index contributed by atoms with van der Waals surface area (Å²) in [4.78, 5) is 26.3. The molecule has 0 bridgehead atoms. The summed E-state index contributed by atoms with van der Waals surface area (Å²) in [5, 5.41) is 5.78. The molecule has 0 aliphatic carbocycles. The molecular weight excluding hydrogens is 384 g/mol. The molecule has 0 radical (unpaired) electrons. The number of nitrogens with one attached hydrogen (secondary N) is 2. The first-order valence-electron chi connectivity index (χ1n) is 10.3. The van der Waals surface area contributed by atoms with Crippen LogP contribution in [0.5, 0.6) is 0 Å². The highest BCUT2D eigenvalue weighted by Crippen LogP contribution is 2.20. The molecule has 0 aliphatic heterocycles. The highest BCUT2D eigenvalue weighted by Gasteiger charge is 2.20. The Balaban J connectivity index is 1.94. The lowest BCUT2D eigenvalue weighted by atomic mass is 10.1. The molecule has 0 spiro atoms. The van der Waals surface area contributed by atoms with E-state index >= 15 is 0 Å². The SMILES string of the molecule is Cc1ccc(C=C(C(=O)Nc2ccc(C)cc2C)C(=O)Nc2ccc(C)cc2C)cc1. The van der Waals surface area contributed by atoms with Crippen LogP contribution in [-0.4, -0.2) is 11.8 Å². The third-order valence-electron chi connectivity index (χ3n) is 5.14. The van der Waals surface area contributed by atoms with Gasteiger partial charge >= 0.3 is 0 Å². The number of benzene rings is 3. The normalized spacial score (nSPS) is 10.4. The molecule has 31 heavy (non-hydrogen) atoms. The lowest BCUT2D eigenvalue weighted by Gasteiger charge is -2.14. The van der Waals surface area contributed by atoms with Crippen molar-refractivity contribution in [2.24, 2.45) is 0 Å². The van der Waals surface area contributed by atoms with Crippen LogP contribution < -0.4 is 10.6 Å². The summed E-state index contributed by atoms with van der Waals surface area (Å²) in [7, 11) is 0. The first-order chi connectivity index (χ1) is 14.7. The molecule has 2 N–H and O–H groups in total. The van der Waals surface area contributed by atoms with Gasteiger partial charge in [-0.3, -0.25) is 9.59 Å². The van der Waals surface area contributed by atoms with E-state index in [2.05, 4.69) is 10.6 Å². The first-order valence-corrected chi connectivity index (χ1v) is 10.3. The van der Waals surface area contributed by atoms with Gasteiger partial charge in [-0.05, 0) is 69.5 Å². The minimum absolute atomic E-state index is 0.0452. The summed E-state index contributed by atoms with van der Waals surface area (Å²) in [6.45, 7) is 9.86. The van der Waals surface area contributed by atoms with E-state index in [9.17, 15) is 9.59 Å². The Kier molecular flexibility index (Phi) is 6.71. The number of carbonyl (C=O) groups is 2. The molecule has 3 rings (SSSR count). The maximum absolute atomic E-state index is 13.2. The lowest BCUT2D eigenvalue weighted by molar-refractivity contribution is -0.118. The van der Waals surface area contributed by atoms with E-state index in [1.54, 1.807) is 6.08 Å². The zero-order chi connectivity index (χ0) is 22.5. The molecule has 0 aromatic heterocycles. The zero-order valence-corrected chi connectivity index (χ0v) is 18.7. The van der Waals surface area contributed by atoms with Crippen LogP contribution >= 0.6 is 0 Å². The van der Waals surface area contributed by atoms with Gasteiger partial charge in [-0.25, -0.2) is 0 Å². The van der Waals surface area contributed by atoms with E-state index < -0.39 is 11.8 Å². The van der Waals surface area contributed by atoms with Crippen molar-refractivity contribution >= 4 is 29.3 Å². The molecule has 158 valence electrons. The number of carbonyl (C=O) groups excluding carboxylic acids is 2. The summed E-state index contributed by atoms with van der Waals surface area (Å²) in [6.07, 6.45) is 1.62. The fourth-order valence-electron chi connectivity index (χ4n) is 3.35. The van der Waals surface area contributed by atoms with Crippen LogP contribution in [-0.2, 0) is 9.59 Å². The third kappa shape index (κ3) is 5.70. The highest BCUT2D eigenvalue weighted by molar-refractivity contribution is 6.29. The second kappa shape index (κ2) is 9.43. The van der Waals surface area contributed by atoms with Crippen molar-refractivity contribution in [3.63, 3.8) is 0 Å². The van der Waals surface area contributed by atoms with Gasteiger partial charge in [0, 0.05) is 11.4 Å². The van der Waals surface area contributed by atoms with E-state index in [0.717, 1.165) is 33.4 Å². The molecule has 0 atom stereocenters. The smallest absolute Gasteiger partial charge is 0.261 e. The van der Waals surface area contributed by atoms with Crippen molar-refractivity contribution in [1.29, 1.82) is 0 Å². The van der Waals surface area contributed by atoms with Crippen molar-refractivity contribution in [2.45, 2.75) is 34.6 Å². The Morgan fingerprint density at radius 1 is 0.613 bits per heavy atom. The van der Waals surface area contributed by atoms with Gasteiger partial charge in [0.15, 0.2) is 0 Å². The summed E-state index contributed by atoms with van der Waals surface area (Å²) in [5.74, 6) is -0.899. The molecule has 0 heterocycles. The summed E-state index contributed by atoms with van der Waals surface area (Å²) in [6, 6.07) is 19.3. The van der Waals surface area contributed by atoms with Gasteiger partial charge in [-0.15, -0.1) is 0 Å². The molecular formula is C27H28N2O2. The van der Waals surface area contributed by atoms with Crippen molar-refractivity contribution < 1.29 is 9.59 Å². The number of amides is 2. The Morgan fingerprint density at radius 3 is 1.45 bits per heavy atom. The van der Waals surface area contributed by atoms with Crippen LogP contribution in [0.1, 0.15) is 33.4 Å². The molecule has 0 aliphatic rings. The molecule has 0 saturated heterocycles. The molecule has 0 saturated carbocycles. The van der Waals surface area contributed by atoms with Gasteiger partial charge < -0.3 is 10.6 Å². The molecule has 0 unspecified atom stereocenters. The minimum Gasteiger partial charge on any atom is -0.322 e. The third-order valence-corrected chi connectivity index (χ3v) is 5.14. The number of hydrogen-bond donors (Lipinski definition) is 2. The Morgan fingerprint density at radius 2 is 1.03 bits per heavy atom. The summed E-state index contributed by atoms with van der Waals surface area (Å²) >= 11 is 0. The van der Waals surface area contributed by atoms with E-state index in [1.165, 1.54) is 0 Å². The Hall–Kier alpha value is -3.66. The van der Waals surface area contributed by atoms with Gasteiger partial charge in [0.25, 0.3) is 11.8 Å². The van der Waals surface area contributed by atoms with Crippen molar-refractivity contribution in [3.05, 3.63) is 99.6 Å². The predicted octanol–water partition coefficient (Wildman–Crippen LogP) is 5.89. The van der Waals surface area contributed by atoms with Gasteiger partial charge in [0.05, 0.1) is 0 Å². The molecule has 4 heteroatoms. The van der Waals surface area contributed by atoms with Crippen molar-refractivity contribution in [1.82, 2.24) is 0 Å². The molecule has 3 aromatic rings. The largest absolute Gasteiger partial charge is 0.322 e. The molecule has 4 nitrogen and oxygen atoms in total. The van der Waals surface area contributed by atoms with E-state index in [1.807, 2.05) is 95.3 Å². The quantitative estimate of drug-likeness (QED) is 0.312. The number of anilines is 2. The van der Waals surface area contributed by atoms with Crippen LogP contribution in [0.4, 0.5) is 11.4 Å². The number of hydrogen-bond acceptors (Lipinski definition) is 2. The van der Waals surface area contributed by atoms with Crippen molar-refractivity contribution in [3.8, 4) is 0 Å². The maximum Gasteiger partial charge on any atom is 0.261 e. The second-order valence-electron chi connectivity index (χ2n) is 8.01. The van der Waals surface area contributed by atoms with E-state index in [4.69, 9.17) is 0 Å². The predicted molar refractivity (Wildman–Crippen MR) is 128 cm³/mol. The van der Waals surface area contributed by atoms with Gasteiger partial charge in [0.1, 0.15) is 5.57 Å². The molecule has 3 aromatic carbocycles. The summed E-state index contributed by atoms with van der Waals surface area (Å²) in [5.41, 5.74) is 7.41. The average molecular weight is 413 g/mol. The number of rotatable bonds is 5. The topological polar surface area (TPSA) is 58.2 Å². The Labute approximate surface area is 184 Å². The first kappa shape index (κ1) is 22.0. The van der Waals surface area contributed by atoms with Crippen LogP contribution in [0, 0.1) is 34.6 Å². The fraction of sp³-hybridized carbons (Fsp3) is 0.185.